The van der Waals surface area contributed by atoms with Crippen molar-refractivity contribution in [1.82, 2.24) is 9.55 Å². The number of carbonyl (C=O) groups excluding carboxylic acids is 1. The van der Waals surface area contributed by atoms with Gasteiger partial charge in [-0.3, -0.25) is 14.2 Å². The maximum Gasteiger partial charge on any atom is 0.305 e. The van der Waals surface area contributed by atoms with Crippen LogP contribution >= 0.6 is 22.9 Å². The molecular formula is C23H19ClN2O3S. The van der Waals surface area contributed by atoms with Gasteiger partial charge in [-0.15, -0.1) is 11.3 Å². The molecule has 0 N–H and O–H groups in total. The largest absolute Gasteiger partial charge is 0.469 e. The highest BCUT2D eigenvalue weighted by Crippen LogP contribution is 2.32. The molecule has 0 aliphatic heterocycles. The maximum absolute atomic E-state index is 13.6. The summed E-state index contributed by atoms with van der Waals surface area (Å²) < 4.78 is 6.37. The number of thiophene rings is 1. The first-order valence-electron chi connectivity index (χ1n) is 9.48. The Labute approximate surface area is 182 Å². The molecule has 0 aliphatic carbocycles. The van der Waals surface area contributed by atoms with Crippen LogP contribution in [0.25, 0.3) is 32.7 Å². The number of fused-ring (bicyclic) bond motifs is 1. The van der Waals surface area contributed by atoms with Gasteiger partial charge in [0.05, 0.1) is 12.5 Å². The minimum Gasteiger partial charge on any atom is -0.469 e. The van der Waals surface area contributed by atoms with Crippen molar-refractivity contribution < 1.29 is 9.53 Å². The summed E-state index contributed by atoms with van der Waals surface area (Å²) in [4.78, 5) is 30.6. The summed E-state index contributed by atoms with van der Waals surface area (Å²) in [6.45, 7) is 0.360. The lowest BCUT2D eigenvalue weighted by atomic mass is 10.1. The molecule has 2 heterocycles. The van der Waals surface area contributed by atoms with E-state index < -0.39 is 0 Å². The van der Waals surface area contributed by atoms with Crippen LogP contribution in [0, 0.1) is 0 Å². The first-order valence-corrected chi connectivity index (χ1v) is 10.7. The summed E-state index contributed by atoms with van der Waals surface area (Å²) in [5, 5.41) is 3.18. The van der Waals surface area contributed by atoms with Crippen molar-refractivity contribution in [2.24, 2.45) is 0 Å². The number of esters is 1. The smallest absolute Gasteiger partial charge is 0.305 e. The van der Waals surface area contributed by atoms with Crippen molar-refractivity contribution in [3.63, 3.8) is 0 Å². The van der Waals surface area contributed by atoms with Crippen molar-refractivity contribution in [1.29, 1.82) is 0 Å². The SMILES string of the molecule is COC(=O)CCCn1c(-c2ccc(Cl)cc2)nc2scc(-c3ccccc3)c2c1=O. The Bertz CT molecular complexity index is 1250. The van der Waals surface area contributed by atoms with Gasteiger partial charge in [0.2, 0.25) is 0 Å². The lowest BCUT2D eigenvalue weighted by molar-refractivity contribution is -0.140. The van der Waals surface area contributed by atoms with Gasteiger partial charge in [-0.1, -0.05) is 41.9 Å². The van der Waals surface area contributed by atoms with Crippen molar-refractivity contribution in [3.05, 3.63) is 75.4 Å². The summed E-state index contributed by atoms with van der Waals surface area (Å²) in [5.74, 6) is 0.265. The Balaban J connectivity index is 1.87. The summed E-state index contributed by atoms with van der Waals surface area (Å²) in [6, 6.07) is 17.0. The number of benzene rings is 2. The van der Waals surface area contributed by atoms with Gasteiger partial charge in [0.1, 0.15) is 10.7 Å². The van der Waals surface area contributed by atoms with E-state index >= 15 is 0 Å². The van der Waals surface area contributed by atoms with E-state index in [1.165, 1.54) is 18.4 Å². The van der Waals surface area contributed by atoms with E-state index in [1.807, 2.05) is 47.8 Å². The predicted molar refractivity (Wildman–Crippen MR) is 121 cm³/mol. The highest BCUT2D eigenvalue weighted by molar-refractivity contribution is 7.17. The number of hydrogen-bond donors (Lipinski definition) is 0. The van der Waals surface area contributed by atoms with Crippen LogP contribution in [0.3, 0.4) is 0 Å². The van der Waals surface area contributed by atoms with Gasteiger partial charge in [0.15, 0.2) is 0 Å². The summed E-state index contributed by atoms with van der Waals surface area (Å²) in [7, 11) is 1.36. The normalized spacial score (nSPS) is 11.0. The molecule has 0 aliphatic rings. The van der Waals surface area contributed by atoms with E-state index in [4.69, 9.17) is 21.3 Å². The zero-order chi connectivity index (χ0) is 21.1. The Morgan fingerprint density at radius 1 is 1.10 bits per heavy atom. The van der Waals surface area contributed by atoms with Crippen LogP contribution in [0.4, 0.5) is 0 Å². The van der Waals surface area contributed by atoms with Crippen LogP contribution < -0.4 is 5.56 Å². The molecule has 0 radical (unpaired) electrons. The van der Waals surface area contributed by atoms with Crippen molar-refractivity contribution >= 4 is 39.1 Å². The predicted octanol–water partition coefficient (Wildman–Crippen LogP) is 5.40. The Morgan fingerprint density at radius 2 is 1.83 bits per heavy atom. The van der Waals surface area contributed by atoms with Gasteiger partial charge < -0.3 is 4.74 Å². The molecule has 4 aromatic rings. The molecule has 0 bridgehead atoms. The number of aromatic nitrogens is 2. The number of nitrogens with zero attached hydrogens (tertiary/aromatic N) is 2. The number of ether oxygens (including phenoxy) is 1. The lowest BCUT2D eigenvalue weighted by Gasteiger charge is -2.13. The molecule has 0 fully saturated rings. The van der Waals surface area contributed by atoms with Gasteiger partial charge in [-0.25, -0.2) is 4.98 Å². The van der Waals surface area contributed by atoms with Crippen molar-refractivity contribution in [3.8, 4) is 22.5 Å². The summed E-state index contributed by atoms with van der Waals surface area (Å²) in [6.07, 6.45) is 0.710. The zero-order valence-electron chi connectivity index (χ0n) is 16.3. The molecular weight excluding hydrogens is 420 g/mol. The highest BCUT2D eigenvalue weighted by atomic mass is 35.5. The average molecular weight is 439 g/mol. The molecule has 0 saturated carbocycles. The highest BCUT2D eigenvalue weighted by Gasteiger charge is 2.18. The third-order valence-electron chi connectivity index (χ3n) is 4.87. The number of rotatable bonds is 6. The third kappa shape index (κ3) is 4.01. The lowest BCUT2D eigenvalue weighted by Crippen LogP contribution is -2.24. The van der Waals surface area contributed by atoms with E-state index in [2.05, 4.69) is 0 Å². The first-order chi connectivity index (χ1) is 14.6. The van der Waals surface area contributed by atoms with Crippen LogP contribution in [-0.2, 0) is 16.1 Å². The molecule has 0 unspecified atom stereocenters. The minimum absolute atomic E-state index is 0.116. The number of carbonyl (C=O) groups is 1. The second-order valence-electron chi connectivity index (χ2n) is 6.77. The van der Waals surface area contributed by atoms with E-state index in [0.717, 1.165) is 16.7 Å². The quantitative estimate of drug-likeness (QED) is 0.378. The molecule has 7 heteroatoms. The van der Waals surface area contributed by atoms with Gasteiger partial charge in [-0.2, -0.15) is 0 Å². The molecule has 5 nitrogen and oxygen atoms in total. The van der Waals surface area contributed by atoms with Gasteiger partial charge >= 0.3 is 5.97 Å². The molecule has 0 amide bonds. The zero-order valence-corrected chi connectivity index (χ0v) is 17.9. The van der Waals surface area contributed by atoms with E-state index in [-0.39, 0.29) is 17.9 Å². The average Bonchev–Trinajstić information content (AvgIpc) is 3.20. The molecule has 2 aromatic heterocycles. The van der Waals surface area contributed by atoms with Crippen LogP contribution in [0.1, 0.15) is 12.8 Å². The van der Waals surface area contributed by atoms with Crippen molar-refractivity contribution in [2.45, 2.75) is 19.4 Å². The van der Waals surface area contributed by atoms with Crippen LogP contribution in [0.5, 0.6) is 0 Å². The van der Waals surface area contributed by atoms with Gasteiger partial charge in [0.25, 0.3) is 5.56 Å². The topological polar surface area (TPSA) is 61.2 Å². The summed E-state index contributed by atoms with van der Waals surface area (Å²) in [5.41, 5.74) is 2.53. The first kappa shape index (κ1) is 20.3. The number of hydrogen-bond acceptors (Lipinski definition) is 5. The molecule has 4 rings (SSSR count). The fourth-order valence-electron chi connectivity index (χ4n) is 3.36. The third-order valence-corrected chi connectivity index (χ3v) is 6.00. The number of halogens is 1. The summed E-state index contributed by atoms with van der Waals surface area (Å²) >= 11 is 7.48. The Morgan fingerprint density at radius 3 is 2.53 bits per heavy atom. The number of methoxy groups -OCH3 is 1. The van der Waals surface area contributed by atoms with E-state index in [1.54, 1.807) is 16.7 Å². The van der Waals surface area contributed by atoms with E-state index in [0.29, 0.717) is 34.0 Å². The van der Waals surface area contributed by atoms with E-state index in [9.17, 15) is 9.59 Å². The van der Waals surface area contributed by atoms with Crippen LogP contribution in [0.15, 0.2) is 64.8 Å². The molecule has 0 spiro atoms. The molecule has 30 heavy (non-hydrogen) atoms. The molecule has 152 valence electrons. The standard InChI is InChI=1S/C23H19ClN2O3S/c1-29-19(27)8-5-13-26-21(16-9-11-17(24)12-10-16)25-22-20(23(26)28)18(14-30-22)15-6-3-2-4-7-15/h2-4,6-7,9-12,14H,5,8,13H2,1H3. The molecule has 0 saturated heterocycles. The second kappa shape index (κ2) is 8.81. The fourth-order valence-corrected chi connectivity index (χ4v) is 4.43. The Kier molecular flexibility index (Phi) is 5.97. The van der Waals surface area contributed by atoms with Crippen molar-refractivity contribution in [2.75, 3.05) is 7.11 Å². The van der Waals surface area contributed by atoms with Gasteiger partial charge in [0, 0.05) is 34.5 Å². The Hall–Kier alpha value is -2.96. The second-order valence-corrected chi connectivity index (χ2v) is 8.07. The fraction of sp³-hybridized carbons (Fsp3) is 0.174. The molecule has 2 aromatic carbocycles. The monoisotopic (exact) mass is 438 g/mol. The van der Waals surface area contributed by atoms with Crippen LogP contribution in [-0.4, -0.2) is 22.6 Å². The molecule has 0 atom stereocenters. The minimum atomic E-state index is -0.300. The maximum atomic E-state index is 13.6. The van der Waals surface area contributed by atoms with Crippen LogP contribution in [0.2, 0.25) is 5.02 Å². The van der Waals surface area contributed by atoms with Gasteiger partial charge in [-0.05, 0) is 36.2 Å².